The molecule has 1 atom stereocenters. The Hall–Kier alpha value is -1.81. The lowest BCUT2D eigenvalue weighted by Gasteiger charge is -2.10. The predicted octanol–water partition coefficient (Wildman–Crippen LogP) is 2.76. The summed E-state index contributed by atoms with van der Waals surface area (Å²) >= 11 is 0. The zero-order chi connectivity index (χ0) is 13.5. The van der Waals surface area contributed by atoms with Gasteiger partial charge in [-0.1, -0.05) is 25.1 Å². The second-order valence-electron chi connectivity index (χ2n) is 4.59. The van der Waals surface area contributed by atoms with Crippen molar-refractivity contribution in [2.24, 2.45) is 5.73 Å². The van der Waals surface area contributed by atoms with Crippen molar-refractivity contribution >= 4 is 0 Å². The topological polar surface area (TPSA) is 53.1 Å². The molecule has 0 aliphatic heterocycles. The van der Waals surface area contributed by atoms with Crippen LogP contribution >= 0.6 is 0 Å². The van der Waals surface area contributed by atoms with Crippen LogP contribution in [-0.4, -0.2) is 16.4 Å². The van der Waals surface area contributed by atoms with Crippen LogP contribution in [0.2, 0.25) is 0 Å². The van der Waals surface area contributed by atoms with E-state index in [9.17, 15) is 0 Å². The van der Waals surface area contributed by atoms with Crippen molar-refractivity contribution in [2.45, 2.75) is 32.4 Å². The van der Waals surface area contributed by atoms with Gasteiger partial charge in [-0.25, -0.2) is 0 Å². The highest BCUT2D eigenvalue weighted by atomic mass is 16.5. The molecule has 4 nitrogen and oxygen atoms in total. The summed E-state index contributed by atoms with van der Waals surface area (Å²) in [6.07, 6.45) is 5.74. The van der Waals surface area contributed by atoms with E-state index in [1.807, 2.05) is 47.4 Å². The molecule has 19 heavy (non-hydrogen) atoms. The van der Waals surface area contributed by atoms with E-state index < -0.39 is 0 Å². The zero-order valence-corrected chi connectivity index (χ0v) is 11.3. The third kappa shape index (κ3) is 4.10. The maximum Gasteiger partial charge on any atom is 0.119 e. The Kier molecular flexibility index (Phi) is 4.98. The molecule has 102 valence electrons. The quantitative estimate of drug-likeness (QED) is 0.831. The van der Waals surface area contributed by atoms with Gasteiger partial charge in [-0.05, 0) is 18.6 Å². The van der Waals surface area contributed by atoms with Crippen molar-refractivity contribution < 1.29 is 4.74 Å². The van der Waals surface area contributed by atoms with Crippen LogP contribution in [-0.2, 0) is 6.54 Å². The molecule has 0 aliphatic rings. The molecule has 1 heterocycles. The number of aromatic nitrogens is 2. The van der Waals surface area contributed by atoms with Gasteiger partial charge in [0.1, 0.15) is 5.75 Å². The summed E-state index contributed by atoms with van der Waals surface area (Å²) in [6, 6.07) is 9.78. The van der Waals surface area contributed by atoms with Crippen molar-refractivity contribution in [3.63, 3.8) is 0 Å². The van der Waals surface area contributed by atoms with E-state index in [4.69, 9.17) is 10.5 Å². The molecule has 4 heteroatoms. The number of benzene rings is 1. The van der Waals surface area contributed by atoms with Gasteiger partial charge in [-0.15, -0.1) is 0 Å². The Morgan fingerprint density at radius 3 is 2.84 bits per heavy atom. The first-order chi connectivity index (χ1) is 9.29. The Morgan fingerprint density at radius 1 is 1.32 bits per heavy atom. The lowest BCUT2D eigenvalue weighted by Crippen LogP contribution is -2.13. The minimum absolute atomic E-state index is 0.0191. The second kappa shape index (κ2) is 6.95. The van der Waals surface area contributed by atoms with Crippen LogP contribution in [0.3, 0.4) is 0 Å². The molecule has 0 saturated carbocycles. The molecule has 2 rings (SSSR count). The molecular weight excluding hydrogens is 238 g/mol. The molecule has 1 aromatic carbocycles. The normalized spacial score (nSPS) is 12.3. The molecule has 0 radical (unpaired) electrons. The molecule has 0 aliphatic carbocycles. The Labute approximate surface area is 114 Å². The maximum atomic E-state index is 6.14. The number of hydrogen-bond acceptors (Lipinski definition) is 3. The second-order valence-corrected chi connectivity index (χ2v) is 4.59. The molecule has 0 saturated heterocycles. The first kappa shape index (κ1) is 13.6. The van der Waals surface area contributed by atoms with Crippen LogP contribution in [0.1, 0.15) is 31.4 Å². The Bertz CT molecular complexity index is 481. The van der Waals surface area contributed by atoms with E-state index in [0.717, 1.165) is 30.7 Å². The van der Waals surface area contributed by atoms with E-state index in [-0.39, 0.29) is 6.04 Å². The van der Waals surface area contributed by atoms with Gasteiger partial charge in [0.05, 0.1) is 12.8 Å². The van der Waals surface area contributed by atoms with Crippen LogP contribution in [0.25, 0.3) is 0 Å². The van der Waals surface area contributed by atoms with E-state index >= 15 is 0 Å². The number of aryl methyl sites for hydroxylation is 1. The van der Waals surface area contributed by atoms with Crippen LogP contribution in [0, 0.1) is 0 Å². The highest BCUT2D eigenvalue weighted by Crippen LogP contribution is 2.15. The van der Waals surface area contributed by atoms with Gasteiger partial charge in [0.2, 0.25) is 0 Å². The monoisotopic (exact) mass is 259 g/mol. The number of nitrogens with two attached hydrogens (primary N) is 1. The number of para-hydroxylation sites is 1. The number of nitrogens with zero attached hydrogens (tertiary/aromatic N) is 2. The van der Waals surface area contributed by atoms with Gasteiger partial charge in [0.25, 0.3) is 0 Å². The van der Waals surface area contributed by atoms with Crippen LogP contribution in [0.4, 0.5) is 0 Å². The smallest absolute Gasteiger partial charge is 0.119 e. The summed E-state index contributed by atoms with van der Waals surface area (Å²) in [5.41, 5.74) is 7.21. The molecule has 1 aromatic heterocycles. The first-order valence-electron chi connectivity index (χ1n) is 6.75. The lowest BCUT2D eigenvalue weighted by atomic mass is 10.1. The molecule has 0 fully saturated rings. The molecule has 1 unspecified atom stereocenters. The molecule has 0 bridgehead atoms. The Morgan fingerprint density at radius 2 is 2.11 bits per heavy atom. The number of hydrogen-bond donors (Lipinski definition) is 1. The third-order valence-corrected chi connectivity index (χ3v) is 2.97. The van der Waals surface area contributed by atoms with Crippen molar-refractivity contribution in [3.05, 3.63) is 48.3 Å². The fourth-order valence-corrected chi connectivity index (χ4v) is 1.91. The summed E-state index contributed by atoms with van der Waals surface area (Å²) in [5.74, 6) is 0.886. The highest BCUT2D eigenvalue weighted by Gasteiger charge is 2.08. The van der Waals surface area contributed by atoms with Gasteiger partial charge in [-0.2, -0.15) is 5.10 Å². The lowest BCUT2D eigenvalue weighted by molar-refractivity contribution is 0.298. The zero-order valence-electron chi connectivity index (χ0n) is 11.3. The molecule has 0 amide bonds. The number of ether oxygens (including phenoxy) is 1. The van der Waals surface area contributed by atoms with Crippen LogP contribution in [0.15, 0.2) is 42.7 Å². The maximum absolute atomic E-state index is 6.14. The molecule has 2 N–H and O–H groups in total. The third-order valence-electron chi connectivity index (χ3n) is 2.97. The minimum atomic E-state index is -0.0191. The average Bonchev–Trinajstić information content (AvgIpc) is 2.89. The summed E-state index contributed by atoms with van der Waals surface area (Å²) in [5, 5.41) is 4.29. The predicted molar refractivity (Wildman–Crippen MR) is 76.0 cm³/mol. The van der Waals surface area contributed by atoms with Crippen molar-refractivity contribution in [1.29, 1.82) is 0 Å². The van der Waals surface area contributed by atoms with Crippen molar-refractivity contribution in [2.75, 3.05) is 6.61 Å². The van der Waals surface area contributed by atoms with E-state index in [0.29, 0.717) is 6.61 Å². The fourth-order valence-electron chi connectivity index (χ4n) is 1.91. The van der Waals surface area contributed by atoms with Gasteiger partial charge in [0, 0.05) is 30.8 Å². The molecule has 0 spiro atoms. The fraction of sp³-hybridized carbons (Fsp3) is 0.400. The van der Waals surface area contributed by atoms with Gasteiger partial charge in [-0.3, -0.25) is 4.68 Å². The molecular formula is C15H21N3O. The van der Waals surface area contributed by atoms with Gasteiger partial charge >= 0.3 is 0 Å². The summed E-state index contributed by atoms with van der Waals surface area (Å²) in [4.78, 5) is 0. The van der Waals surface area contributed by atoms with Crippen molar-refractivity contribution in [1.82, 2.24) is 9.78 Å². The largest absolute Gasteiger partial charge is 0.494 e. The highest BCUT2D eigenvalue weighted by molar-refractivity contribution is 5.20. The van der Waals surface area contributed by atoms with Gasteiger partial charge < -0.3 is 10.5 Å². The standard InChI is InChI=1S/C15H21N3O/c1-2-9-18-12-13(11-17-18)15(16)8-10-19-14-6-4-3-5-7-14/h3-7,11-12,15H,2,8-10,16H2,1H3. The summed E-state index contributed by atoms with van der Waals surface area (Å²) in [6.45, 7) is 3.69. The Balaban J connectivity index is 1.78. The van der Waals surface area contributed by atoms with Gasteiger partial charge in [0.15, 0.2) is 0 Å². The van der Waals surface area contributed by atoms with Crippen molar-refractivity contribution in [3.8, 4) is 5.75 Å². The van der Waals surface area contributed by atoms with E-state index in [1.54, 1.807) is 0 Å². The SMILES string of the molecule is CCCn1cc(C(N)CCOc2ccccc2)cn1. The summed E-state index contributed by atoms with van der Waals surface area (Å²) in [7, 11) is 0. The minimum Gasteiger partial charge on any atom is -0.494 e. The van der Waals surface area contributed by atoms with Crippen LogP contribution < -0.4 is 10.5 Å². The summed E-state index contributed by atoms with van der Waals surface area (Å²) < 4.78 is 7.58. The van der Waals surface area contributed by atoms with E-state index in [1.165, 1.54) is 0 Å². The average molecular weight is 259 g/mol. The first-order valence-corrected chi connectivity index (χ1v) is 6.75. The van der Waals surface area contributed by atoms with E-state index in [2.05, 4.69) is 12.0 Å². The van der Waals surface area contributed by atoms with Crippen LogP contribution in [0.5, 0.6) is 5.75 Å². The number of rotatable bonds is 7. The molecule has 2 aromatic rings.